The fourth-order valence-electron chi connectivity index (χ4n) is 12.6. The Balaban J connectivity index is 1.04. The van der Waals surface area contributed by atoms with Crippen molar-refractivity contribution in [1.29, 1.82) is 0 Å². The lowest BCUT2D eigenvalue weighted by Gasteiger charge is -2.28. The van der Waals surface area contributed by atoms with Crippen LogP contribution in [0.4, 0.5) is 0 Å². The van der Waals surface area contributed by atoms with Crippen molar-refractivity contribution in [2.45, 2.75) is 36.5 Å². The topological polar surface area (TPSA) is 12.9 Å². The number of rotatable bonds is 2. The van der Waals surface area contributed by atoms with Gasteiger partial charge < -0.3 is 0 Å². The van der Waals surface area contributed by atoms with E-state index in [4.69, 9.17) is 4.98 Å². The van der Waals surface area contributed by atoms with Crippen LogP contribution in [0, 0.1) is 0 Å². The lowest BCUT2D eigenvalue weighted by Crippen LogP contribution is -2.25. The van der Waals surface area contributed by atoms with Crippen LogP contribution in [-0.4, -0.2) is 4.98 Å². The molecule has 0 N–H and O–H groups in total. The van der Waals surface area contributed by atoms with E-state index in [-0.39, 0.29) is 10.8 Å². The third-order valence-electron chi connectivity index (χ3n) is 15.1. The molecule has 14 rings (SSSR count). The molecule has 4 aliphatic carbocycles. The minimum Gasteiger partial charge on any atom is -0.256 e. The van der Waals surface area contributed by atoms with Crippen LogP contribution in [0.5, 0.6) is 0 Å². The van der Waals surface area contributed by atoms with Gasteiger partial charge in [0, 0.05) is 33.2 Å². The van der Waals surface area contributed by atoms with E-state index < -0.39 is 0 Å². The number of hydrogen-bond acceptors (Lipinski definition) is 1. The predicted molar refractivity (Wildman–Crippen MR) is 248 cm³/mol. The van der Waals surface area contributed by atoms with Gasteiger partial charge in [-0.25, -0.2) is 0 Å². The maximum absolute atomic E-state index is 5.21. The smallest absolute Gasteiger partial charge is 0.0708 e. The first-order valence-corrected chi connectivity index (χ1v) is 21.5. The average molecular weight is 762 g/mol. The highest BCUT2D eigenvalue weighted by molar-refractivity contribution is 6.27. The Labute approximate surface area is 349 Å². The molecule has 0 aliphatic heterocycles. The molecule has 0 amide bonds. The third-order valence-corrected chi connectivity index (χ3v) is 15.1. The van der Waals surface area contributed by atoms with Crippen LogP contribution >= 0.6 is 0 Å². The highest BCUT2D eigenvalue weighted by atomic mass is 14.7. The summed E-state index contributed by atoms with van der Waals surface area (Å²) in [4.78, 5) is 5.21. The van der Waals surface area contributed by atoms with Crippen molar-refractivity contribution < 1.29 is 0 Å². The van der Waals surface area contributed by atoms with Gasteiger partial charge in [-0.05, 0) is 144 Å². The van der Waals surface area contributed by atoms with Gasteiger partial charge in [0.05, 0.1) is 5.52 Å². The molecule has 0 saturated carbocycles. The number of pyridine rings is 1. The van der Waals surface area contributed by atoms with Crippen LogP contribution in [0.3, 0.4) is 0 Å². The molecule has 0 fully saturated rings. The Bertz CT molecular complexity index is 3460. The van der Waals surface area contributed by atoms with Crippen LogP contribution in [0.2, 0.25) is 0 Å². The molecule has 0 atom stereocenters. The zero-order valence-corrected chi connectivity index (χ0v) is 33.2. The molecule has 1 heteroatoms. The fourth-order valence-corrected chi connectivity index (χ4v) is 12.6. The first-order valence-electron chi connectivity index (χ1n) is 21.5. The standard InChI is InChI=1S/C59H39N/c1-2-14-39-32-58(31-38(39)13-1)50-22-10-7-17-42(50)44-27-25-36(29-52(44)58)55-46-19-5-6-20-47(46)56(57-48-21-9-12-24-54(48)60-35-49(55)57)37-26-28-45-43-18-8-11-23-51(43)59(53(45)30-37)33-40-15-3-4-16-41(40)34-59/h1-30,35H,31-34H2. The number of aromatic nitrogens is 1. The zero-order valence-electron chi connectivity index (χ0n) is 33.2. The summed E-state index contributed by atoms with van der Waals surface area (Å²) < 4.78 is 0. The van der Waals surface area contributed by atoms with E-state index in [1.54, 1.807) is 0 Å². The molecule has 0 radical (unpaired) electrons. The molecule has 10 aromatic rings. The predicted octanol–water partition coefficient (Wildman–Crippen LogP) is 14.0. The SMILES string of the molecule is c1ccc2c(c1)CC1(C2)c2ccccc2-c2ccc(-c3c4ccccc4c(-c4ccc5c(c4)C4(Cc6ccccc6C4)c4ccccc4-5)c4c3cnc3ccccc34)cc21. The van der Waals surface area contributed by atoms with E-state index in [1.165, 1.54) is 116 Å². The first kappa shape index (κ1) is 32.8. The summed E-state index contributed by atoms with van der Waals surface area (Å²) >= 11 is 0. The minimum absolute atomic E-state index is 0.0834. The van der Waals surface area contributed by atoms with Crippen molar-refractivity contribution in [3.63, 3.8) is 0 Å². The Kier molecular flexibility index (Phi) is 6.44. The van der Waals surface area contributed by atoms with Gasteiger partial charge in [-0.1, -0.05) is 164 Å². The van der Waals surface area contributed by atoms with Crippen molar-refractivity contribution in [2.24, 2.45) is 0 Å². The summed E-state index contributed by atoms with van der Waals surface area (Å²) in [5.41, 5.74) is 23.2. The molecule has 1 heterocycles. The first-order chi connectivity index (χ1) is 29.7. The molecule has 0 saturated heterocycles. The molecule has 60 heavy (non-hydrogen) atoms. The molecule has 4 aliphatic rings. The quantitative estimate of drug-likeness (QED) is 0.126. The number of hydrogen-bond donors (Lipinski definition) is 0. The van der Waals surface area contributed by atoms with E-state index in [1.807, 2.05) is 0 Å². The molecule has 9 aromatic carbocycles. The minimum atomic E-state index is -0.0847. The van der Waals surface area contributed by atoms with Crippen molar-refractivity contribution in [1.82, 2.24) is 4.98 Å². The van der Waals surface area contributed by atoms with Crippen LogP contribution in [0.1, 0.15) is 44.5 Å². The number of fused-ring (bicyclic) bond motifs is 16. The van der Waals surface area contributed by atoms with Crippen LogP contribution in [0.15, 0.2) is 188 Å². The number of benzene rings is 9. The second-order valence-electron chi connectivity index (χ2n) is 17.9. The zero-order chi connectivity index (χ0) is 39.2. The molecule has 280 valence electrons. The normalized spacial score (nSPS) is 15.7. The van der Waals surface area contributed by atoms with Gasteiger partial charge in [-0.2, -0.15) is 0 Å². The Hall–Kier alpha value is -7.09. The molecular formula is C59H39N. The maximum Gasteiger partial charge on any atom is 0.0708 e. The molecule has 1 aromatic heterocycles. The summed E-state index contributed by atoms with van der Waals surface area (Å²) in [6.07, 6.45) is 6.28. The van der Waals surface area contributed by atoms with E-state index in [2.05, 4.69) is 188 Å². The molecule has 0 unspecified atom stereocenters. The van der Waals surface area contributed by atoms with Crippen molar-refractivity contribution in [2.75, 3.05) is 0 Å². The average Bonchev–Trinajstić information content (AvgIpc) is 4.04. The van der Waals surface area contributed by atoms with E-state index in [9.17, 15) is 0 Å². The largest absolute Gasteiger partial charge is 0.256 e. The van der Waals surface area contributed by atoms with Gasteiger partial charge in [0.15, 0.2) is 0 Å². The van der Waals surface area contributed by atoms with Gasteiger partial charge in [0.2, 0.25) is 0 Å². The van der Waals surface area contributed by atoms with Crippen molar-refractivity contribution >= 4 is 32.4 Å². The maximum atomic E-state index is 5.21. The monoisotopic (exact) mass is 761 g/mol. The highest BCUT2D eigenvalue weighted by Crippen LogP contribution is 2.59. The van der Waals surface area contributed by atoms with Gasteiger partial charge in [-0.15, -0.1) is 0 Å². The molecule has 2 spiro atoms. The Morgan fingerprint density at radius 1 is 0.333 bits per heavy atom. The van der Waals surface area contributed by atoms with Crippen molar-refractivity contribution in [3.05, 3.63) is 233 Å². The fraction of sp³-hybridized carbons (Fsp3) is 0.102. The van der Waals surface area contributed by atoms with E-state index in [0.29, 0.717) is 0 Å². The highest BCUT2D eigenvalue weighted by Gasteiger charge is 2.48. The summed E-state index contributed by atoms with van der Waals surface area (Å²) in [5.74, 6) is 0. The lowest BCUT2D eigenvalue weighted by molar-refractivity contribution is 0.563. The summed E-state index contributed by atoms with van der Waals surface area (Å²) in [6.45, 7) is 0. The molecule has 1 nitrogen and oxygen atoms in total. The van der Waals surface area contributed by atoms with Gasteiger partial charge in [-0.3, -0.25) is 4.98 Å². The third kappa shape index (κ3) is 4.19. The Morgan fingerprint density at radius 3 is 1.30 bits per heavy atom. The van der Waals surface area contributed by atoms with Gasteiger partial charge >= 0.3 is 0 Å². The summed E-state index contributed by atoms with van der Waals surface area (Å²) in [7, 11) is 0. The van der Waals surface area contributed by atoms with Crippen LogP contribution in [-0.2, 0) is 36.5 Å². The van der Waals surface area contributed by atoms with Gasteiger partial charge in [0.1, 0.15) is 0 Å². The lowest BCUT2D eigenvalue weighted by atomic mass is 9.74. The van der Waals surface area contributed by atoms with E-state index in [0.717, 1.165) is 31.2 Å². The second kappa shape index (κ2) is 11.8. The second-order valence-corrected chi connectivity index (χ2v) is 17.9. The van der Waals surface area contributed by atoms with Crippen molar-refractivity contribution in [3.8, 4) is 44.5 Å². The van der Waals surface area contributed by atoms with Crippen LogP contribution in [0.25, 0.3) is 77.0 Å². The number of para-hydroxylation sites is 1. The molecular weight excluding hydrogens is 723 g/mol. The van der Waals surface area contributed by atoms with E-state index >= 15 is 0 Å². The van der Waals surface area contributed by atoms with Crippen LogP contribution < -0.4 is 0 Å². The molecule has 0 bridgehead atoms. The summed E-state index contributed by atoms with van der Waals surface area (Å²) in [5, 5.41) is 6.22. The Morgan fingerprint density at radius 2 is 0.750 bits per heavy atom. The number of nitrogens with zero attached hydrogens (tertiary/aromatic N) is 1. The van der Waals surface area contributed by atoms with Gasteiger partial charge in [0.25, 0.3) is 0 Å². The summed E-state index contributed by atoms with van der Waals surface area (Å²) in [6, 6.07) is 69.3.